The first-order chi connectivity index (χ1) is 13.8. The summed E-state index contributed by atoms with van der Waals surface area (Å²) in [6, 6.07) is 8.33. The number of likely N-dealkylation sites (tertiary alicyclic amines) is 1. The first-order valence-corrected chi connectivity index (χ1v) is 9.90. The van der Waals surface area contributed by atoms with Crippen molar-refractivity contribution in [3.63, 3.8) is 0 Å². The summed E-state index contributed by atoms with van der Waals surface area (Å²) >= 11 is 18.3. The lowest BCUT2D eigenvalue weighted by Crippen LogP contribution is -2.43. The predicted octanol–water partition coefficient (Wildman–Crippen LogP) is 4.68. The Balaban J connectivity index is 1.81. The van der Waals surface area contributed by atoms with Crippen LogP contribution in [0.2, 0.25) is 15.1 Å². The Morgan fingerprint density at radius 1 is 1.07 bits per heavy atom. The Labute approximate surface area is 182 Å². The number of benzene rings is 2. The summed E-state index contributed by atoms with van der Waals surface area (Å²) in [5, 5.41) is 3.61. The van der Waals surface area contributed by atoms with E-state index in [1.165, 1.54) is 36.3 Å². The van der Waals surface area contributed by atoms with Crippen LogP contribution in [0.4, 0.5) is 5.69 Å². The molecular formula is C20H17Cl3N2O4. The smallest absolute Gasteiger partial charge is 0.337 e. The van der Waals surface area contributed by atoms with E-state index >= 15 is 0 Å². The number of amides is 2. The minimum atomic E-state index is -0.699. The summed E-state index contributed by atoms with van der Waals surface area (Å²) in [6.07, 6.45) is 1.15. The molecule has 3 rings (SSSR count). The van der Waals surface area contributed by atoms with Crippen LogP contribution in [0.15, 0.2) is 36.4 Å². The van der Waals surface area contributed by atoms with E-state index in [1.54, 1.807) is 12.1 Å². The zero-order valence-corrected chi connectivity index (χ0v) is 17.6. The van der Waals surface area contributed by atoms with Crippen molar-refractivity contribution in [3.8, 4) is 0 Å². The zero-order valence-electron chi connectivity index (χ0n) is 15.4. The van der Waals surface area contributed by atoms with Gasteiger partial charge in [-0.25, -0.2) is 4.79 Å². The molecule has 6 nitrogen and oxygen atoms in total. The molecule has 1 aliphatic heterocycles. The highest BCUT2D eigenvalue weighted by Crippen LogP contribution is 2.28. The second kappa shape index (κ2) is 9.03. The maximum absolute atomic E-state index is 13.0. The maximum Gasteiger partial charge on any atom is 0.337 e. The van der Waals surface area contributed by atoms with Crippen LogP contribution < -0.4 is 5.32 Å². The second-order valence-corrected chi connectivity index (χ2v) is 7.71. The largest absolute Gasteiger partial charge is 0.465 e. The standard InChI is InChI=1S/C20H17Cl3N2O4/c1-29-20(28)11-4-6-15(23)16(9-11)24-18(26)17-3-2-8-25(17)19(27)13-10-12(21)5-7-14(13)22/h4-7,9-10,17H,2-3,8H2,1H3,(H,24,26). The number of hydrogen-bond acceptors (Lipinski definition) is 4. The van der Waals surface area contributed by atoms with E-state index in [4.69, 9.17) is 34.8 Å². The summed E-state index contributed by atoms with van der Waals surface area (Å²) < 4.78 is 4.68. The van der Waals surface area contributed by atoms with E-state index in [-0.39, 0.29) is 32.8 Å². The van der Waals surface area contributed by atoms with Crippen LogP contribution in [0.1, 0.15) is 33.6 Å². The lowest BCUT2D eigenvalue weighted by Gasteiger charge is -2.24. The van der Waals surface area contributed by atoms with Crippen LogP contribution in [-0.2, 0) is 9.53 Å². The van der Waals surface area contributed by atoms with Crippen molar-refractivity contribution in [1.29, 1.82) is 0 Å². The molecule has 0 radical (unpaired) electrons. The van der Waals surface area contributed by atoms with Crippen molar-refractivity contribution in [2.75, 3.05) is 19.0 Å². The number of esters is 1. The fraction of sp³-hybridized carbons (Fsp3) is 0.250. The van der Waals surface area contributed by atoms with Crippen molar-refractivity contribution >= 4 is 58.3 Å². The summed E-state index contributed by atoms with van der Waals surface area (Å²) in [5.41, 5.74) is 0.751. The Hall–Kier alpha value is -2.28. The van der Waals surface area contributed by atoms with E-state index in [0.717, 1.165) is 0 Å². The number of rotatable bonds is 4. The molecule has 2 amide bonds. The summed E-state index contributed by atoms with van der Waals surface area (Å²) in [6.45, 7) is 0.412. The van der Waals surface area contributed by atoms with Crippen LogP contribution in [0.3, 0.4) is 0 Å². The van der Waals surface area contributed by atoms with Crippen LogP contribution in [0, 0.1) is 0 Å². The molecule has 1 atom stereocenters. The molecule has 2 aromatic rings. The van der Waals surface area contributed by atoms with Crippen molar-refractivity contribution in [2.24, 2.45) is 0 Å². The van der Waals surface area contributed by atoms with Crippen LogP contribution in [0.5, 0.6) is 0 Å². The molecule has 1 aliphatic rings. The highest BCUT2D eigenvalue weighted by atomic mass is 35.5. The summed E-state index contributed by atoms with van der Waals surface area (Å²) in [5.74, 6) is -1.33. The number of anilines is 1. The fourth-order valence-electron chi connectivity index (χ4n) is 3.18. The van der Waals surface area contributed by atoms with Gasteiger partial charge in [-0.2, -0.15) is 0 Å². The van der Waals surface area contributed by atoms with Crippen LogP contribution in [-0.4, -0.2) is 42.4 Å². The van der Waals surface area contributed by atoms with Crippen molar-refractivity contribution in [1.82, 2.24) is 4.90 Å². The van der Waals surface area contributed by atoms with Gasteiger partial charge in [-0.15, -0.1) is 0 Å². The Morgan fingerprint density at radius 2 is 1.79 bits per heavy atom. The lowest BCUT2D eigenvalue weighted by atomic mass is 10.1. The number of carbonyl (C=O) groups excluding carboxylic acids is 3. The van der Waals surface area contributed by atoms with Gasteiger partial charge >= 0.3 is 5.97 Å². The van der Waals surface area contributed by atoms with Gasteiger partial charge in [0.1, 0.15) is 6.04 Å². The molecular weight excluding hydrogens is 439 g/mol. The molecule has 1 N–H and O–H groups in total. The molecule has 1 unspecified atom stereocenters. The van der Waals surface area contributed by atoms with Gasteiger partial charge in [0.15, 0.2) is 0 Å². The minimum Gasteiger partial charge on any atom is -0.465 e. The van der Waals surface area contributed by atoms with Gasteiger partial charge in [0.25, 0.3) is 5.91 Å². The highest BCUT2D eigenvalue weighted by Gasteiger charge is 2.35. The molecule has 0 spiro atoms. The highest BCUT2D eigenvalue weighted by molar-refractivity contribution is 6.36. The third-order valence-electron chi connectivity index (χ3n) is 4.62. The number of methoxy groups -OCH3 is 1. The van der Waals surface area contributed by atoms with Crippen molar-refractivity contribution in [2.45, 2.75) is 18.9 Å². The van der Waals surface area contributed by atoms with Gasteiger partial charge in [0.05, 0.1) is 34.0 Å². The van der Waals surface area contributed by atoms with E-state index in [1.807, 2.05) is 0 Å². The average molecular weight is 456 g/mol. The summed E-state index contributed by atoms with van der Waals surface area (Å²) in [7, 11) is 1.26. The molecule has 0 saturated carbocycles. The number of carbonyl (C=O) groups is 3. The first kappa shape index (κ1) is 21.4. The fourth-order valence-corrected chi connectivity index (χ4v) is 3.72. The van der Waals surface area contributed by atoms with Gasteiger partial charge in [-0.3, -0.25) is 9.59 Å². The van der Waals surface area contributed by atoms with Gasteiger partial charge in [0, 0.05) is 11.6 Å². The maximum atomic E-state index is 13.0. The Kier molecular flexibility index (Phi) is 6.67. The van der Waals surface area contributed by atoms with Crippen LogP contribution >= 0.6 is 34.8 Å². The first-order valence-electron chi connectivity index (χ1n) is 8.76. The number of nitrogens with one attached hydrogen (secondary N) is 1. The third kappa shape index (κ3) is 4.66. The zero-order chi connectivity index (χ0) is 21.1. The van der Waals surface area contributed by atoms with E-state index in [9.17, 15) is 14.4 Å². The average Bonchev–Trinajstić information content (AvgIpc) is 3.20. The Morgan fingerprint density at radius 3 is 2.52 bits per heavy atom. The second-order valence-electron chi connectivity index (χ2n) is 6.46. The SMILES string of the molecule is COC(=O)c1ccc(Cl)c(NC(=O)C2CCCN2C(=O)c2cc(Cl)ccc2Cl)c1. The van der Waals surface area contributed by atoms with Crippen LogP contribution in [0.25, 0.3) is 0 Å². The molecule has 1 saturated heterocycles. The van der Waals surface area contributed by atoms with Gasteiger partial charge in [-0.05, 0) is 49.2 Å². The van der Waals surface area contributed by atoms with Crippen molar-refractivity contribution < 1.29 is 19.1 Å². The molecule has 9 heteroatoms. The number of halogens is 3. The number of ether oxygens (including phenoxy) is 1. The van der Waals surface area contributed by atoms with E-state index in [0.29, 0.717) is 24.4 Å². The van der Waals surface area contributed by atoms with Gasteiger partial charge < -0.3 is 15.0 Å². The minimum absolute atomic E-state index is 0.240. The third-order valence-corrected chi connectivity index (χ3v) is 5.51. The molecule has 0 bridgehead atoms. The summed E-state index contributed by atoms with van der Waals surface area (Å²) in [4.78, 5) is 39.0. The lowest BCUT2D eigenvalue weighted by molar-refractivity contribution is -0.119. The molecule has 1 fully saturated rings. The monoisotopic (exact) mass is 454 g/mol. The molecule has 2 aromatic carbocycles. The predicted molar refractivity (Wildman–Crippen MR) is 112 cm³/mol. The molecule has 152 valence electrons. The topological polar surface area (TPSA) is 75.7 Å². The van der Waals surface area contributed by atoms with Gasteiger partial charge in [-0.1, -0.05) is 34.8 Å². The normalized spacial score (nSPS) is 15.9. The number of hydrogen-bond donors (Lipinski definition) is 1. The van der Waals surface area contributed by atoms with Crippen molar-refractivity contribution in [3.05, 3.63) is 62.6 Å². The number of nitrogens with zero attached hydrogens (tertiary/aromatic N) is 1. The van der Waals surface area contributed by atoms with E-state index < -0.39 is 17.9 Å². The quantitative estimate of drug-likeness (QED) is 0.679. The molecule has 0 aliphatic carbocycles. The molecule has 0 aromatic heterocycles. The van der Waals surface area contributed by atoms with Gasteiger partial charge in [0.2, 0.25) is 5.91 Å². The van der Waals surface area contributed by atoms with E-state index in [2.05, 4.69) is 10.1 Å². The Bertz CT molecular complexity index is 980. The molecule has 1 heterocycles. The molecule has 29 heavy (non-hydrogen) atoms.